The van der Waals surface area contributed by atoms with Gasteiger partial charge in [-0.05, 0) is 31.0 Å². The molecule has 0 fully saturated rings. The van der Waals surface area contributed by atoms with Gasteiger partial charge in [0.2, 0.25) is 0 Å². The topological polar surface area (TPSA) is 9.23 Å². The molecule has 0 saturated carbocycles. The van der Waals surface area contributed by atoms with Crippen LogP contribution in [0.2, 0.25) is 0 Å². The lowest BCUT2D eigenvalue weighted by Gasteiger charge is -2.05. The smallest absolute Gasteiger partial charge is 0.119 e. The maximum Gasteiger partial charge on any atom is 0.119 e. The maximum atomic E-state index is 5.73. The summed E-state index contributed by atoms with van der Waals surface area (Å²) >= 11 is 5.73. The van der Waals surface area contributed by atoms with Crippen LogP contribution in [-0.2, 0) is 0 Å². The van der Waals surface area contributed by atoms with Gasteiger partial charge in [0.1, 0.15) is 5.75 Å². The molecule has 0 aromatic heterocycles. The highest BCUT2D eigenvalue weighted by Crippen LogP contribution is 2.16. The fourth-order valence-electron chi connectivity index (χ4n) is 1.24. The molecule has 0 aliphatic rings. The van der Waals surface area contributed by atoms with Crippen LogP contribution in [-0.4, -0.2) is 12.5 Å². The average Bonchev–Trinajstić information content (AvgIpc) is 2.26. The minimum Gasteiger partial charge on any atom is -0.494 e. The molecule has 0 saturated heterocycles. The Bertz CT molecular complexity index is 331. The number of benzene rings is 1. The molecule has 1 rings (SSSR count). The van der Waals surface area contributed by atoms with Crippen LogP contribution in [0.15, 0.2) is 29.8 Å². The van der Waals surface area contributed by atoms with Gasteiger partial charge >= 0.3 is 0 Å². The molecule has 1 aromatic carbocycles. The number of ether oxygens (including phenoxy) is 1. The van der Waals surface area contributed by atoms with Crippen LogP contribution in [0.1, 0.15) is 25.8 Å². The molecule has 2 heteroatoms. The monoisotopic (exact) mass is 224 g/mol. The maximum absolute atomic E-state index is 5.73. The van der Waals surface area contributed by atoms with Crippen LogP contribution in [0.5, 0.6) is 5.75 Å². The standard InChI is InChI=1S/C13H17ClO/c1-3-7-15-13-6-4-5-12(9-13)8-11(2)10-14/h4-6,8-9H,3,7,10H2,1-2H3. The van der Waals surface area contributed by atoms with Crippen molar-refractivity contribution in [2.45, 2.75) is 20.3 Å². The second kappa shape index (κ2) is 6.52. The van der Waals surface area contributed by atoms with E-state index in [1.54, 1.807) is 0 Å². The first-order valence-corrected chi connectivity index (χ1v) is 5.75. The highest BCUT2D eigenvalue weighted by Gasteiger charge is 1.95. The molecule has 82 valence electrons. The summed E-state index contributed by atoms with van der Waals surface area (Å²) in [5.74, 6) is 1.49. The van der Waals surface area contributed by atoms with E-state index in [0.717, 1.165) is 29.9 Å². The van der Waals surface area contributed by atoms with Crippen LogP contribution < -0.4 is 4.74 Å². The third kappa shape index (κ3) is 4.39. The molecule has 1 nitrogen and oxygen atoms in total. The lowest BCUT2D eigenvalue weighted by Crippen LogP contribution is -1.94. The zero-order valence-electron chi connectivity index (χ0n) is 9.29. The Hall–Kier alpha value is -0.950. The molecule has 0 N–H and O–H groups in total. The van der Waals surface area contributed by atoms with Crippen molar-refractivity contribution < 1.29 is 4.74 Å². The van der Waals surface area contributed by atoms with Crippen LogP contribution in [0.4, 0.5) is 0 Å². The minimum atomic E-state index is 0.569. The molecular weight excluding hydrogens is 208 g/mol. The molecule has 1 aromatic rings. The Morgan fingerprint density at radius 2 is 2.27 bits per heavy atom. The van der Waals surface area contributed by atoms with Crippen molar-refractivity contribution in [2.24, 2.45) is 0 Å². The summed E-state index contributed by atoms with van der Waals surface area (Å²) in [5.41, 5.74) is 2.30. The van der Waals surface area contributed by atoms with Crippen molar-refractivity contribution >= 4 is 17.7 Å². The second-order valence-corrected chi connectivity index (χ2v) is 3.81. The van der Waals surface area contributed by atoms with Gasteiger partial charge in [0, 0.05) is 5.88 Å². The number of alkyl halides is 1. The second-order valence-electron chi connectivity index (χ2n) is 3.55. The fraction of sp³-hybridized carbons (Fsp3) is 0.385. The first-order valence-electron chi connectivity index (χ1n) is 5.22. The average molecular weight is 225 g/mol. The van der Waals surface area contributed by atoms with E-state index < -0.39 is 0 Å². The Kier molecular flexibility index (Phi) is 5.27. The highest BCUT2D eigenvalue weighted by molar-refractivity contribution is 6.19. The lowest BCUT2D eigenvalue weighted by atomic mass is 10.1. The first-order chi connectivity index (χ1) is 7.26. The Balaban J connectivity index is 2.74. The number of allylic oxidation sites excluding steroid dienone is 1. The quantitative estimate of drug-likeness (QED) is 0.684. The number of hydrogen-bond acceptors (Lipinski definition) is 1. The third-order valence-corrected chi connectivity index (χ3v) is 2.38. The molecule has 15 heavy (non-hydrogen) atoms. The minimum absolute atomic E-state index is 0.569. The fourth-order valence-corrected chi connectivity index (χ4v) is 1.31. The highest BCUT2D eigenvalue weighted by atomic mass is 35.5. The Morgan fingerprint density at radius 3 is 2.93 bits per heavy atom. The molecule has 0 bridgehead atoms. The van der Waals surface area contributed by atoms with E-state index >= 15 is 0 Å². The first kappa shape index (κ1) is 12.1. The summed E-state index contributed by atoms with van der Waals surface area (Å²) in [6.07, 6.45) is 3.10. The lowest BCUT2D eigenvalue weighted by molar-refractivity contribution is 0.317. The van der Waals surface area contributed by atoms with Gasteiger partial charge in [0.05, 0.1) is 6.61 Å². The molecule has 0 atom stereocenters. The third-order valence-electron chi connectivity index (χ3n) is 1.95. The van der Waals surface area contributed by atoms with Crippen molar-refractivity contribution in [1.29, 1.82) is 0 Å². The molecule has 0 spiro atoms. The van der Waals surface area contributed by atoms with Crippen molar-refractivity contribution in [3.8, 4) is 5.75 Å². The predicted molar refractivity (Wildman–Crippen MR) is 66.6 cm³/mol. The number of rotatable bonds is 5. The summed E-state index contributed by atoms with van der Waals surface area (Å²) in [6.45, 7) is 4.88. The van der Waals surface area contributed by atoms with Crippen LogP contribution in [0.25, 0.3) is 6.08 Å². The van der Waals surface area contributed by atoms with Crippen molar-refractivity contribution in [2.75, 3.05) is 12.5 Å². The van der Waals surface area contributed by atoms with E-state index in [0.29, 0.717) is 5.88 Å². The van der Waals surface area contributed by atoms with E-state index in [4.69, 9.17) is 16.3 Å². The molecule has 0 aliphatic carbocycles. The van der Waals surface area contributed by atoms with E-state index in [1.807, 2.05) is 25.1 Å². The summed E-state index contributed by atoms with van der Waals surface area (Å²) in [6, 6.07) is 8.06. The molecule has 0 heterocycles. The van der Waals surface area contributed by atoms with Crippen LogP contribution in [0, 0.1) is 0 Å². The summed E-state index contributed by atoms with van der Waals surface area (Å²) < 4.78 is 5.55. The van der Waals surface area contributed by atoms with E-state index in [9.17, 15) is 0 Å². The van der Waals surface area contributed by atoms with Gasteiger partial charge in [-0.25, -0.2) is 0 Å². The summed E-state index contributed by atoms with van der Waals surface area (Å²) in [7, 11) is 0. The SMILES string of the molecule is CCCOc1cccc(C=C(C)CCl)c1. The van der Waals surface area contributed by atoms with Gasteiger partial charge < -0.3 is 4.74 Å². The summed E-state index contributed by atoms with van der Waals surface area (Å²) in [4.78, 5) is 0. The molecule has 0 radical (unpaired) electrons. The summed E-state index contributed by atoms with van der Waals surface area (Å²) in [5, 5.41) is 0. The van der Waals surface area contributed by atoms with Gasteiger partial charge in [-0.1, -0.05) is 30.7 Å². The van der Waals surface area contributed by atoms with E-state index in [2.05, 4.69) is 19.1 Å². The Labute approximate surface area is 96.7 Å². The van der Waals surface area contributed by atoms with Crippen molar-refractivity contribution in [1.82, 2.24) is 0 Å². The van der Waals surface area contributed by atoms with Gasteiger partial charge in [0.25, 0.3) is 0 Å². The normalized spacial score (nSPS) is 11.5. The largest absolute Gasteiger partial charge is 0.494 e. The van der Waals surface area contributed by atoms with Crippen LogP contribution >= 0.6 is 11.6 Å². The molecule has 0 aliphatic heterocycles. The number of halogens is 1. The zero-order valence-corrected chi connectivity index (χ0v) is 10.1. The molecular formula is C13H17ClO. The van der Waals surface area contributed by atoms with Crippen molar-refractivity contribution in [3.05, 3.63) is 35.4 Å². The molecule has 0 unspecified atom stereocenters. The van der Waals surface area contributed by atoms with E-state index in [-0.39, 0.29) is 0 Å². The van der Waals surface area contributed by atoms with Crippen molar-refractivity contribution in [3.63, 3.8) is 0 Å². The van der Waals surface area contributed by atoms with E-state index in [1.165, 1.54) is 0 Å². The van der Waals surface area contributed by atoms with Crippen LogP contribution in [0.3, 0.4) is 0 Å². The predicted octanol–water partition coefficient (Wildman–Crippen LogP) is 4.12. The van der Waals surface area contributed by atoms with Gasteiger partial charge in [-0.2, -0.15) is 0 Å². The molecule has 0 amide bonds. The zero-order chi connectivity index (χ0) is 11.1. The van der Waals surface area contributed by atoms with Gasteiger partial charge in [-0.3, -0.25) is 0 Å². The van der Waals surface area contributed by atoms with Gasteiger partial charge in [-0.15, -0.1) is 11.6 Å². The van der Waals surface area contributed by atoms with Gasteiger partial charge in [0.15, 0.2) is 0 Å². The number of hydrogen-bond donors (Lipinski definition) is 0. The Morgan fingerprint density at radius 1 is 1.47 bits per heavy atom.